The first-order valence-electron chi connectivity index (χ1n) is 9.55. The van der Waals surface area contributed by atoms with Gasteiger partial charge < -0.3 is 14.2 Å². The van der Waals surface area contributed by atoms with E-state index in [0.717, 1.165) is 23.5 Å². The van der Waals surface area contributed by atoms with Crippen LogP contribution < -0.4 is 0 Å². The van der Waals surface area contributed by atoms with Gasteiger partial charge in [0.15, 0.2) is 6.10 Å². The van der Waals surface area contributed by atoms with Gasteiger partial charge in [0, 0.05) is 29.9 Å². The lowest BCUT2D eigenvalue weighted by atomic mass is 10.2. The van der Waals surface area contributed by atoms with Gasteiger partial charge in [-0.1, -0.05) is 36.4 Å². The molecule has 6 heteroatoms. The van der Waals surface area contributed by atoms with Crippen LogP contribution in [0.4, 0.5) is 0 Å². The van der Waals surface area contributed by atoms with Gasteiger partial charge in [0.25, 0.3) is 5.91 Å². The summed E-state index contributed by atoms with van der Waals surface area (Å²) in [7, 11) is 1.71. The van der Waals surface area contributed by atoms with Gasteiger partial charge in [0.1, 0.15) is 0 Å². The second-order valence-corrected chi connectivity index (χ2v) is 8.21. The van der Waals surface area contributed by atoms with E-state index in [2.05, 4.69) is 10.6 Å². The number of carbonyl (C=O) groups is 2. The van der Waals surface area contributed by atoms with Crippen molar-refractivity contribution in [3.8, 4) is 0 Å². The number of esters is 1. The lowest BCUT2D eigenvalue weighted by Crippen LogP contribution is -2.37. The summed E-state index contributed by atoms with van der Waals surface area (Å²) in [5.41, 5.74) is 3.37. The van der Waals surface area contributed by atoms with Gasteiger partial charge in [-0.05, 0) is 43.8 Å². The SMILES string of the molecule is Cc1cc(C(=O)O[C@@H](C)C(=O)N(C)Cc2ccccc2)c(C)n1Cc1cccs1. The molecule has 2 aromatic heterocycles. The number of nitrogens with zero attached hydrogens (tertiary/aromatic N) is 2. The second-order valence-electron chi connectivity index (χ2n) is 7.18. The molecule has 1 amide bonds. The van der Waals surface area contributed by atoms with Crippen LogP contribution in [0.5, 0.6) is 0 Å². The van der Waals surface area contributed by atoms with Crippen molar-refractivity contribution in [3.05, 3.63) is 81.3 Å². The number of amides is 1. The average molecular weight is 411 g/mol. The van der Waals surface area contributed by atoms with Gasteiger partial charge in [-0.2, -0.15) is 0 Å². The summed E-state index contributed by atoms with van der Waals surface area (Å²) in [6, 6.07) is 15.6. The predicted molar refractivity (Wildman–Crippen MR) is 115 cm³/mol. The Morgan fingerprint density at radius 2 is 1.86 bits per heavy atom. The minimum atomic E-state index is -0.850. The van der Waals surface area contributed by atoms with Crippen molar-refractivity contribution >= 4 is 23.2 Å². The van der Waals surface area contributed by atoms with E-state index < -0.39 is 12.1 Å². The number of hydrogen-bond donors (Lipinski definition) is 0. The number of aromatic nitrogens is 1. The number of carbonyl (C=O) groups excluding carboxylic acids is 2. The van der Waals surface area contributed by atoms with Crippen LogP contribution in [-0.4, -0.2) is 34.5 Å². The van der Waals surface area contributed by atoms with Crippen LogP contribution >= 0.6 is 11.3 Å². The molecule has 0 saturated heterocycles. The fourth-order valence-corrected chi connectivity index (χ4v) is 4.02. The first-order valence-corrected chi connectivity index (χ1v) is 10.4. The smallest absolute Gasteiger partial charge is 0.340 e. The molecule has 0 spiro atoms. The van der Waals surface area contributed by atoms with Crippen molar-refractivity contribution in [2.75, 3.05) is 7.05 Å². The molecule has 0 saturated carbocycles. The zero-order chi connectivity index (χ0) is 21.0. The highest BCUT2D eigenvalue weighted by Gasteiger charge is 2.25. The summed E-state index contributed by atoms with van der Waals surface area (Å²) in [6.07, 6.45) is -0.850. The Hall–Kier alpha value is -2.86. The van der Waals surface area contributed by atoms with Crippen molar-refractivity contribution < 1.29 is 14.3 Å². The average Bonchev–Trinajstić information content (AvgIpc) is 3.31. The number of benzene rings is 1. The van der Waals surface area contributed by atoms with Crippen LogP contribution in [0.3, 0.4) is 0 Å². The van der Waals surface area contributed by atoms with Crippen LogP contribution in [0.1, 0.15) is 39.1 Å². The molecule has 152 valence electrons. The molecule has 5 nitrogen and oxygen atoms in total. The summed E-state index contributed by atoms with van der Waals surface area (Å²) >= 11 is 1.68. The largest absolute Gasteiger partial charge is 0.449 e. The van der Waals surface area contributed by atoms with Crippen LogP contribution in [-0.2, 0) is 22.6 Å². The van der Waals surface area contributed by atoms with Gasteiger partial charge in [-0.25, -0.2) is 4.79 Å². The van der Waals surface area contributed by atoms with E-state index in [1.165, 1.54) is 4.88 Å². The molecule has 0 unspecified atom stereocenters. The highest BCUT2D eigenvalue weighted by molar-refractivity contribution is 7.09. The fourth-order valence-electron chi connectivity index (χ4n) is 3.33. The first kappa shape index (κ1) is 20.9. The molecule has 3 aromatic rings. The normalized spacial score (nSPS) is 11.9. The van der Waals surface area contributed by atoms with Gasteiger partial charge in [0.2, 0.25) is 0 Å². The zero-order valence-electron chi connectivity index (χ0n) is 17.2. The van der Waals surface area contributed by atoms with Crippen molar-refractivity contribution in [1.29, 1.82) is 0 Å². The summed E-state index contributed by atoms with van der Waals surface area (Å²) in [6.45, 7) is 6.69. The lowest BCUT2D eigenvalue weighted by molar-refractivity contribution is -0.139. The number of aryl methyl sites for hydroxylation is 1. The Labute approximate surface area is 175 Å². The van der Waals surface area contributed by atoms with Crippen molar-refractivity contribution in [2.45, 2.75) is 40.0 Å². The summed E-state index contributed by atoms with van der Waals surface area (Å²) in [5.74, 6) is -0.695. The highest BCUT2D eigenvalue weighted by Crippen LogP contribution is 2.20. The minimum absolute atomic E-state index is 0.227. The third kappa shape index (κ3) is 4.95. The molecular weight excluding hydrogens is 384 g/mol. The molecule has 1 aromatic carbocycles. The van der Waals surface area contributed by atoms with Gasteiger partial charge >= 0.3 is 5.97 Å². The molecule has 0 aliphatic heterocycles. The van der Waals surface area contributed by atoms with Crippen molar-refractivity contribution in [2.24, 2.45) is 0 Å². The van der Waals surface area contributed by atoms with Crippen LogP contribution in [0.2, 0.25) is 0 Å². The number of rotatable bonds is 7. The maximum absolute atomic E-state index is 12.7. The monoisotopic (exact) mass is 410 g/mol. The molecule has 0 bridgehead atoms. The molecule has 0 radical (unpaired) electrons. The molecule has 1 atom stereocenters. The summed E-state index contributed by atoms with van der Waals surface area (Å²) in [5, 5.41) is 2.04. The molecule has 0 aliphatic rings. The van der Waals surface area contributed by atoms with Crippen LogP contribution in [0.25, 0.3) is 0 Å². The predicted octanol–water partition coefficient (Wildman–Crippen LogP) is 4.42. The Morgan fingerprint density at radius 3 is 2.52 bits per heavy atom. The minimum Gasteiger partial charge on any atom is -0.449 e. The lowest BCUT2D eigenvalue weighted by Gasteiger charge is -2.21. The molecular formula is C23H26N2O3S. The first-order chi connectivity index (χ1) is 13.9. The highest BCUT2D eigenvalue weighted by atomic mass is 32.1. The van der Waals surface area contributed by atoms with Gasteiger partial charge in [0.05, 0.1) is 12.1 Å². The number of ether oxygens (including phenoxy) is 1. The quantitative estimate of drug-likeness (QED) is 0.542. The van der Waals surface area contributed by atoms with E-state index in [4.69, 9.17) is 4.74 Å². The van der Waals surface area contributed by atoms with Crippen LogP contribution in [0.15, 0.2) is 53.9 Å². The fraction of sp³-hybridized carbons (Fsp3) is 0.304. The molecule has 2 heterocycles. The zero-order valence-corrected chi connectivity index (χ0v) is 18.0. The second kappa shape index (κ2) is 9.09. The van der Waals surface area contributed by atoms with Gasteiger partial charge in [-0.3, -0.25) is 4.79 Å². The van der Waals surface area contributed by atoms with E-state index in [-0.39, 0.29) is 5.91 Å². The van der Waals surface area contributed by atoms with E-state index in [0.29, 0.717) is 12.1 Å². The topological polar surface area (TPSA) is 51.5 Å². The standard InChI is InChI=1S/C23H26N2O3S/c1-16-13-21(17(2)25(16)15-20-11-8-12-29-20)23(27)28-18(3)22(26)24(4)14-19-9-6-5-7-10-19/h5-13,18H,14-15H2,1-4H3/t18-/m0/s1. The molecule has 3 rings (SSSR count). The molecule has 0 aliphatic carbocycles. The number of thiophene rings is 1. The maximum Gasteiger partial charge on any atom is 0.340 e. The Balaban J connectivity index is 1.65. The van der Waals surface area contributed by atoms with Crippen molar-refractivity contribution in [3.63, 3.8) is 0 Å². The Bertz CT molecular complexity index is 977. The summed E-state index contributed by atoms with van der Waals surface area (Å²) < 4.78 is 7.59. The van der Waals surface area contributed by atoms with E-state index in [9.17, 15) is 9.59 Å². The molecule has 29 heavy (non-hydrogen) atoms. The van der Waals surface area contributed by atoms with E-state index >= 15 is 0 Å². The van der Waals surface area contributed by atoms with E-state index in [1.54, 1.807) is 30.2 Å². The Morgan fingerprint density at radius 1 is 1.14 bits per heavy atom. The summed E-state index contributed by atoms with van der Waals surface area (Å²) in [4.78, 5) is 28.2. The third-order valence-corrected chi connectivity index (χ3v) is 5.82. The van der Waals surface area contributed by atoms with Gasteiger partial charge in [-0.15, -0.1) is 11.3 Å². The maximum atomic E-state index is 12.7. The number of hydrogen-bond acceptors (Lipinski definition) is 4. The van der Waals surface area contributed by atoms with E-state index in [1.807, 2.05) is 61.7 Å². The van der Waals surface area contributed by atoms with Crippen molar-refractivity contribution in [1.82, 2.24) is 9.47 Å². The Kier molecular flexibility index (Phi) is 6.54. The van der Waals surface area contributed by atoms with Crippen LogP contribution in [0, 0.1) is 13.8 Å². The molecule has 0 fully saturated rings. The molecule has 0 N–H and O–H groups in total. The number of likely N-dealkylation sites (N-methyl/N-ethyl adjacent to an activating group) is 1. The third-order valence-electron chi connectivity index (χ3n) is 4.96.